The van der Waals surface area contributed by atoms with Crippen molar-refractivity contribution in [2.45, 2.75) is 303 Å². The van der Waals surface area contributed by atoms with E-state index < -0.39 is 6.10 Å². The first-order chi connectivity index (χ1) is 34.5. The van der Waals surface area contributed by atoms with Gasteiger partial charge in [0.2, 0.25) is 0 Å². The lowest BCUT2D eigenvalue weighted by molar-refractivity contribution is -0.167. The Bertz CT molecular complexity index is 1310. The SMILES string of the molecule is CC/C=C\C/C=C\C/C=C\CCCCCCCCCC(=O)OC(COC(=O)CCCCCCCCCCCC)COC(=O)CCCCCCCCCCCC/C=C\C/C=C\C/C=C\CCCCCCC. The minimum atomic E-state index is -0.780. The molecule has 0 rings (SSSR count). The van der Waals surface area contributed by atoms with Gasteiger partial charge in [0.15, 0.2) is 6.10 Å². The van der Waals surface area contributed by atoms with Crippen LogP contribution in [0, 0.1) is 0 Å². The molecule has 0 aromatic rings. The molecular weight excluding hydrogens is 865 g/mol. The highest BCUT2D eigenvalue weighted by molar-refractivity contribution is 5.71. The molecule has 6 heteroatoms. The molecule has 1 atom stereocenters. The van der Waals surface area contributed by atoms with Crippen LogP contribution in [0.3, 0.4) is 0 Å². The lowest BCUT2D eigenvalue weighted by Gasteiger charge is -2.18. The zero-order valence-corrected chi connectivity index (χ0v) is 46.3. The molecule has 0 saturated carbocycles. The molecule has 70 heavy (non-hydrogen) atoms. The van der Waals surface area contributed by atoms with Gasteiger partial charge in [-0.05, 0) is 89.9 Å². The summed E-state index contributed by atoms with van der Waals surface area (Å²) in [4.78, 5) is 38.1. The van der Waals surface area contributed by atoms with Crippen LogP contribution in [0.1, 0.15) is 297 Å². The van der Waals surface area contributed by atoms with Crippen molar-refractivity contribution in [1.29, 1.82) is 0 Å². The van der Waals surface area contributed by atoms with Gasteiger partial charge in [-0.3, -0.25) is 14.4 Å². The van der Waals surface area contributed by atoms with Gasteiger partial charge in [-0.1, -0.05) is 261 Å². The average molecular weight is 978 g/mol. The summed E-state index contributed by atoms with van der Waals surface area (Å²) in [5.74, 6) is -0.885. The topological polar surface area (TPSA) is 78.9 Å². The summed E-state index contributed by atoms with van der Waals surface area (Å²) in [6.45, 7) is 6.52. The Balaban J connectivity index is 4.26. The van der Waals surface area contributed by atoms with Crippen LogP contribution in [-0.2, 0) is 28.6 Å². The van der Waals surface area contributed by atoms with Crippen molar-refractivity contribution in [3.05, 3.63) is 72.9 Å². The van der Waals surface area contributed by atoms with Crippen LogP contribution in [-0.4, -0.2) is 37.2 Å². The predicted molar refractivity (Wildman–Crippen MR) is 302 cm³/mol. The number of ether oxygens (including phenoxy) is 3. The van der Waals surface area contributed by atoms with Gasteiger partial charge in [0.25, 0.3) is 0 Å². The Hall–Kier alpha value is -3.15. The van der Waals surface area contributed by atoms with E-state index >= 15 is 0 Å². The fourth-order valence-electron chi connectivity index (χ4n) is 8.47. The molecule has 0 aromatic carbocycles. The third-order valence-electron chi connectivity index (χ3n) is 12.9. The maximum Gasteiger partial charge on any atom is 0.306 e. The smallest absolute Gasteiger partial charge is 0.306 e. The third-order valence-corrected chi connectivity index (χ3v) is 12.9. The van der Waals surface area contributed by atoms with E-state index in [1.165, 1.54) is 161 Å². The first kappa shape index (κ1) is 66.9. The predicted octanol–water partition coefficient (Wildman–Crippen LogP) is 20.2. The minimum absolute atomic E-state index is 0.0785. The summed E-state index contributed by atoms with van der Waals surface area (Å²) in [5.41, 5.74) is 0. The molecule has 0 aliphatic heterocycles. The van der Waals surface area contributed by atoms with Gasteiger partial charge in [-0.15, -0.1) is 0 Å². The Kier molecular flexibility index (Phi) is 55.8. The second kappa shape index (κ2) is 58.4. The van der Waals surface area contributed by atoms with E-state index in [4.69, 9.17) is 14.2 Å². The largest absolute Gasteiger partial charge is 0.462 e. The number of unbranched alkanes of at least 4 members (excludes halogenated alkanes) is 31. The number of carbonyl (C=O) groups excluding carboxylic acids is 3. The van der Waals surface area contributed by atoms with E-state index in [9.17, 15) is 14.4 Å². The molecule has 0 amide bonds. The van der Waals surface area contributed by atoms with E-state index in [2.05, 4.69) is 93.7 Å². The van der Waals surface area contributed by atoms with Crippen molar-refractivity contribution in [2.24, 2.45) is 0 Å². The van der Waals surface area contributed by atoms with Crippen LogP contribution in [0.25, 0.3) is 0 Å². The highest BCUT2D eigenvalue weighted by atomic mass is 16.6. The van der Waals surface area contributed by atoms with Crippen molar-refractivity contribution in [3.8, 4) is 0 Å². The molecule has 0 fully saturated rings. The Morgan fingerprint density at radius 2 is 0.557 bits per heavy atom. The van der Waals surface area contributed by atoms with Crippen LogP contribution < -0.4 is 0 Å². The lowest BCUT2D eigenvalue weighted by Crippen LogP contribution is -2.30. The van der Waals surface area contributed by atoms with Gasteiger partial charge in [0, 0.05) is 19.3 Å². The Morgan fingerprint density at radius 3 is 0.871 bits per heavy atom. The summed E-state index contributed by atoms with van der Waals surface area (Å²) in [7, 11) is 0. The molecule has 0 aromatic heterocycles. The summed E-state index contributed by atoms with van der Waals surface area (Å²) < 4.78 is 16.9. The normalized spacial score (nSPS) is 12.6. The molecule has 1 unspecified atom stereocenters. The first-order valence-corrected chi connectivity index (χ1v) is 29.9. The molecule has 0 saturated heterocycles. The third kappa shape index (κ3) is 55.8. The molecule has 0 bridgehead atoms. The summed E-state index contributed by atoms with van der Waals surface area (Å²) >= 11 is 0. The van der Waals surface area contributed by atoms with Crippen molar-refractivity contribution >= 4 is 17.9 Å². The Morgan fingerprint density at radius 1 is 0.300 bits per heavy atom. The number of allylic oxidation sites excluding steroid dienone is 12. The zero-order valence-electron chi connectivity index (χ0n) is 46.3. The van der Waals surface area contributed by atoms with Crippen LogP contribution in [0.5, 0.6) is 0 Å². The van der Waals surface area contributed by atoms with Crippen LogP contribution >= 0.6 is 0 Å². The highest BCUT2D eigenvalue weighted by Crippen LogP contribution is 2.16. The number of hydrogen-bond donors (Lipinski definition) is 0. The van der Waals surface area contributed by atoms with Gasteiger partial charge >= 0.3 is 17.9 Å². The summed E-state index contributed by atoms with van der Waals surface area (Å²) in [5, 5.41) is 0. The van der Waals surface area contributed by atoms with E-state index in [0.29, 0.717) is 19.3 Å². The van der Waals surface area contributed by atoms with Crippen LogP contribution in [0.15, 0.2) is 72.9 Å². The van der Waals surface area contributed by atoms with Crippen molar-refractivity contribution in [3.63, 3.8) is 0 Å². The summed E-state index contributed by atoms with van der Waals surface area (Å²) in [6, 6.07) is 0. The number of esters is 3. The molecule has 6 nitrogen and oxygen atoms in total. The van der Waals surface area contributed by atoms with Crippen molar-refractivity contribution in [1.82, 2.24) is 0 Å². The quantitative estimate of drug-likeness (QED) is 0.0261. The van der Waals surface area contributed by atoms with Crippen LogP contribution in [0.4, 0.5) is 0 Å². The van der Waals surface area contributed by atoms with Gasteiger partial charge in [0.1, 0.15) is 13.2 Å². The zero-order chi connectivity index (χ0) is 50.7. The minimum Gasteiger partial charge on any atom is -0.462 e. The van der Waals surface area contributed by atoms with Crippen molar-refractivity contribution in [2.75, 3.05) is 13.2 Å². The van der Waals surface area contributed by atoms with Gasteiger partial charge in [-0.2, -0.15) is 0 Å². The maximum atomic E-state index is 12.8. The van der Waals surface area contributed by atoms with Gasteiger partial charge in [0.05, 0.1) is 0 Å². The van der Waals surface area contributed by atoms with E-state index in [1.807, 2.05) is 0 Å². The second-order valence-corrected chi connectivity index (χ2v) is 19.9. The van der Waals surface area contributed by atoms with Crippen LogP contribution in [0.2, 0.25) is 0 Å². The number of hydrogen-bond acceptors (Lipinski definition) is 6. The first-order valence-electron chi connectivity index (χ1n) is 29.9. The molecule has 0 heterocycles. The average Bonchev–Trinajstić information content (AvgIpc) is 3.36. The maximum absolute atomic E-state index is 12.8. The van der Waals surface area contributed by atoms with E-state index in [-0.39, 0.29) is 31.1 Å². The molecule has 0 aliphatic rings. The Labute approximate surface area is 433 Å². The number of rotatable bonds is 54. The van der Waals surface area contributed by atoms with E-state index in [1.54, 1.807) is 0 Å². The summed E-state index contributed by atoms with van der Waals surface area (Å²) in [6.07, 6.45) is 74.7. The molecule has 0 spiro atoms. The molecule has 0 aliphatic carbocycles. The molecule has 0 N–H and O–H groups in total. The fraction of sp³-hybridized carbons (Fsp3) is 0.766. The monoisotopic (exact) mass is 977 g/mol. The van der Waals surface area contributed by atoms with Gasteiger partial charge in [-0.25, -0.2) is 0 Å². The molecule has 0 radical (unpaired) electrons. The standard InChI is InChI=1S/C64H112O6/c1-4-7-10-13-16-19-22-24-26-28-29-30-31-32-33-34-35-37-38-40-42-45-48-51-54-57-63(66)69-60-61(59-68-62(65)56-53-50-47-44-21-18-15-12-9-6-3)70-64(67)58-55-52-49-46-43-41-39-36-27-25-23-20-17-14-11-8-5-2/h8,11,17,20,22,24-25,27-29,31-32,61H,4-7,9-10,12-16,18-19,21,23,26,30,33-60H2,1-3H3/b11-8-,20-17-,24-22-,27-25-,29-28-,32-31-. The fourth-order valence-corrected chi connectivity index (χ4v) is 8.47. The number of carbonyl (C=O) groups is 3. The van der Waals surface area contributed by atoms with Gasteiger partial charge < -0.3 is 14.2 Å². The van der Waals surface area contributed by atoms with E-state index in [0.717, 1.165) is 96.3 Å². The van der Waals surface area contributed by atoms with Crippen molar-refractivity contribution < 1.29 is 28.6 Å². The molecule has 404 valence electrons. The highest BCUT2D eigenvalue weighted by Gasteiger charge is 2.19. The second-order valence-electron chi connectivity index (χ2n) is 19.9. The lowest BCUT2D eigenvalue weighted by atomic mass is 10.1. The molecular formula is C64H112O6.